The predicted octanol–water partition coefficient (Wildman–Crippen LogP) is 3.71. The Balaban J connectivity index is 1.95. The Morgan fingerprint density at radius 1 is 1.07 bits per heavy atom. The first-order valence-electron chi connectivity index (χ1n) is 8.41. The van der Waals surface area contributed by atoms with Crippen molar-refractivity contribution in [3.05, 3.63) is 71.2 Å². The van der Waals surface area contributed by atoms with Crippen LogP contribution in [-0.4, -0.2) is 21.7 Å². The first kappa shape index (κ1) is 19.0. The van der Waals surface area contributed by atoms with E-state index in [9.17, 15) is 14.0 Å². The smallest absolute Gasteiger partial charge is 0.254 e. The van der Waals surface area contributed by atoms with Crippen LogP contribution in [-0.2, 0) is 0 Å². The third-order valence-electron chi connectivity index (χ3n) is 3.99. The van der Waals surface area contributed by atoms with Crippen LogP contribution in [0, 0.1) is 12.7 Å². The molecule has 3 aromatic rings. The molecular formula is C20H18FN5O2. The molecule has 0 atom stereocenters. The van der Waals surface area contributed by atoms with Crippen molar-refractivity contribution in [1.82, 2.24) is 9.97 Å². The van der Waals surface area contributed by atoms with Gasteiger partial charge < -0.3 is 16.4 Å². The van der Waals surface area contributed by atoms with Gasteiger partial charge in [-0.2, -0.15) is 4.98 Å². The number of nitrogens with one attached hydrogen (secondary N) is 2. The van der Waals surface area contributed by atoms with Gasteiger partial charge in [-0.05, 0) is 44.2 Å². The Morgan fingerprint density at radius 3 is 2.43 bits per heavy atom. The van der Waals surface area contributed by atoms with Gasteiger partial charge in [0, 0.05) is 17.4 Å². The largest absolute Gasteiger partial charge is 0.365 e. The molecule has 28 heavy (non-hydrogen) atoms. The molecule has 8 heteroatoms. The molecule has 1 aromatic heterocycles. The first-order chi connectivity index (χ1) is 13.3. The highest BCUT2D eigenvalue weighted by Crippen LogP contribution is 2.23. The number of hydrogen-bond acceptors (Lipinski definition) is 6. The number of ketones is 1. The van der Waals surface area contributed by atoms with Crippen LogP contribution in [0.4, 0.5) is 27.5 Å². The van der Waals surface area contributed by atoms with Gasteiger partial charge in [-0.15, -0.1) is 0 Å². The number of halogens is 1. The van der Waals surface area contributed by atoms with Crippen LogP contribution in [0.3, 0.4) is 0 Å². The SMILES string of the molecule is CC(=O)c1ccc(F)c(Nc2ncc(C(N)=O)c(Nc3ccc(C)cc3)n2)c1. The monoisotopic (exact) mass is 379 g/mol. The summed E-state index contributed by atoms with van der Waals surface area (Å²) in [6.07, 6.45) is 1.25. The predicted molar refractivity (Wildman–Crippen MR) is 105 cm³/mol. The maximum atomic E-state index is 14.1. The molecule has 2 aromatic carbocycles. The molecule has 3 rings (SSSR count). The summed E-state index contributed by atoms with van der Waals surface area (Å²) in [7, 11) is 0. The molecule has 142 valence electrons. The summed E-state index contributed by atoms with van der Waals surface area (Å²) in [5.41, 5.74) is 7.64. The van der Waals surface area contributed by atoms with E-state index in [0.717, 1.165) is 5.56 Å². The minimum Gasteiger partial charge on any atom is -0.365 e. The molecule has 1 heterocycles. The van der Waals surface area contributed by atoms with Crippen LogP contribution in [0.1, 0.15) is 33.2 Å². The van der Waals surface area contributed by atoms with Crippen LogP contribution in [0.25, 0.3) is 0 Å². The zero-order chi connectivity index (χ0) is 20.3. The van der Waals surface area contributed by atoms with Crippen molar-refractivity contribution in [2.24, 2.45) is 5.73 Å². The zero-order valence-electron chi connectivity index (χ0n) is 15.3. The molecular weight excluding hydrogens is 361 g/mol. The van der Waals surface area contributed by atoms with Gasteiger partial charge in [-0.3, -0.25) is 9.59 Å². The molecule has 0 spiro atoms. The maximum absolute atomic E-state index is 14.1. The fourth-order valence-corrected chi connectivity index (χ4v) is 2.45. The minimum atomic E-state index is -0.703. The number of nitrogens with two attached hydrogens (primary N) is 1. The lowest BCUT2D eigenvalue weighted by Crippen LogP contribution is -2.16. The lowest BCUT2D eigenvalue weighted by atomic mass is 10.1. The highest BCUT2D eigenvalue weighted by molar-refractivity contribution is 5.98. The van der Waals surface area contributed by atoms with Crippen molar-refractivity contribution in [2.75, 3.05) is 10.6 Å². The number of amides is 1. The summed E-state index contributed by atoms with van der Waals surface area (Å²) >= 11 is 0. The number of hydrogen-bond donors (Lipinski definition) is 3. The van der Waals surface area contributed by atoms with Gasteiger partial charge in [0.15, 0.2) is 5.78 Å². The van der Waals surface area contributed by atoms with Gasteiger partial charge in [-0.1, -0.05) is 17.7 Å². The topological polar surface area (TPSA) is 110 Å². The second-order valence-electron chi connectivity index (χ2n) is 6.19. The number of rotatable bonds is 6. The highest BCUT2D eigenvalue weighted by Gasteiger charge is 2.14. The molecule has 0 unspecified atom stereocenters. The van der Waals surface area contributed by atoms with E-state index in [4.69, 9.17) is 5.73 Å². The fourth-order valence-electron chi connectivity index (χ4n) is 2.45. The van der Waals surface area contributed by atoms with Crippen molar-refractivity contribution in [2.45, 2.75) is 13.8 Å². The van der Waals surface area contributed by atoms with Crippen molar-refractivity contribution >= 4 is 34.8 Å². The summed E-state index contributed by atoms with van der Waals surface area (Å²) in [5, 5.41) is 5.74. The molecule has 0 bridgehead atoms. The molecule has 1 amide bonds. The molecule has 4 N–H and O–H groups in total. The number of Topliss-reactive ketones (excluding diaryl/α,β-unsaturated/α-hetero) is 1. The number of aryl methyl sites for hydroxylation is 1. The van der Waals surface area contributed by atoms with Crippen molar-refractivity contribution in [1.29, 1.82) is 0 Å². The molecule has 7 nitrogen and oxygen atoms in total. The van der Waals surface area contributed by atoms with E-state index in [0.29, 0.717) is 11.3 Å². The molecule has 0 radical (unpaired) electrons. The number of benzene rings is 2. The number of carbonyl (C=O) groups is 2. The van der Waals surface area contributed by atoms with Crippen LogP contribution in [0.15, 0.2) is 48.7 Å². The van der Waals surface area contributed by atoms with E-state index in [-0.39, 0.29) is 28.8 Å². The quantitative estimate of drug-likeness (QED) is 0.563. The van der Waals surface area contributed by atoms with Crippen molar-refractivity contribution < 1.29 is 14.0 Å². The lowest BCUT2D eigenvalue weighted by Gasteiger charge is -2.12. The van der Waals surface area contributed by atoms with Crippen molar-refractivity contribution in [3.8, 4) is 0 Å². The Kier molecular flexibility index (Phi) is 5.30. The summed E-state index contributed by atoms with van der Waals surface area (Å²) in [4.78, 5) is 31.5. The molecule has 0 aliphatic heterocycles. The van der Waals surface area contributed by atoms with E-state index < -0.39 is 11.7 Å². The van der Waals surface area contributed by atoms with Crippen LogP contribution in [0.5, 0.6) is 0 Å². The number of carbonyl (C=O) groups excluding carboxylic acids is 2. The van der Waals surface area contributed by atoms with Crippen LogP contribution >= 0.6 is 0 Å². The van der Waals surface area contributed by atoms with Crippen LogP contribution in [0.2, 0.25) is 0 Å². The molecule has 0 saturated heterocycles. The summed E-state index contributed by atoms with van der Waals surface area (Å²) in [6, 6.07) is 11.4. The average molecular weight is 379 g/mol. The second-order valence-corrected chi connectivity index (χ2v) is 6.19. The Labute approximate surface area is 160 Å². The molecule has 0 aliphatic rings. The average Bonchev–Trinajstić information content (AvgIpc) is 2.65. The van der Waals surface area contributed by atoms with Gasteiger partial charge >= 0.3 is 0 Å². The Bertz CT molecular complexity index is 1050. The third kappa shape index (κ3) is 4.29. The fraction of sp³-hybridized carbons (Fsp3) is 0.100. The summed E-state index contributed by atoms with van der Waals surface area (Å²) in [5.74, 6) is -1.25. The third-order valence-corrected chi connectivity index (χ3v) is 3.99. The zero-order valence-corrected chi connectivity index (χ0v) is 15.3. The first-order valence-corrected chi connectivity index (χ1v) is 8.41. The van der Waals surface area contributed by atoms with E-state index in [2.05, 4.69) is 20.6 Å². The number of nitrogens with zero attached hydrogens (tertiary/aromatic N) is 2. The van der Waals surface area contributed by atoms with Crippen molar-refractivity contribution in [3.63, 3.8) is 0 Å². The van der Waals surface area contributed by atoms with Gasteiger partial charge in [0.2, 0.25) is 5.95 Å². The van der Waals surface area contributed by atoms with Gasteiger partial charge in [0.25, 0.3) is 5.91 Å². The van der Waals surface area contributed by atoms with E-state index in [1.807, 2.05) is 31.2 Å². The number of aromatic nitrogens is 2. The standard InChI is InChI=1S/C20H18FN5O2/c1-11-3-6-14(7-4-11)24-19-15(18(22)28)10-23-20(26-19)25-17-9-13(12(2)27)5-8-16(17)21/h3-10H,1-2H3,(H2,22,28)(H2,23,24,25,26). The van der Waals surface area contributed by atoms with E-state index in [1.165, 1.54) is 31.3 Å². The lowest BCUT2D eigenvalue weighted by molar-refractivity contribution is 0.0996. The minimum absolute atomic E-state index is 0.0409. The summed E-state index contributed by atoms with van der Waals surface area (Å²) < 4.78 is 14.1. The summed E-state index contributed by atoms with van der Waals surface area (Å²) in [6.45, 7) is 3.34. The van der Waals surface area contributed by atoms with Gasteiger partial charge in [0.05, 0.1) is 5.69 Å². The molecule has 0 saturated carbocycles. The van der Waals surface area contributed by atoms with Gasteiger partial charge in [0.1, 0.15) is 17.2 Å². The number of primary amides is 1. The number of anilines is 4. The highest BCUT2D eigenvalue weighted by atomic mass is 19.1. The Hall–Kier alpha value is -3.81. The van der Waals surface area contributed by atoms with E-state index >= 15 is 0 Å². The molecule has 0 fully saturated rings. The Morgan fingerprint density at radius 2 is 1.79 bits per heavy atom. The van der Waals surface area contributed by atoms with Gasteiger partial charge in [-0.25, -0.2) is 9.37 Å². The maximum Gasteiger partial charge on any atom is 0.254 e. The molecule has 0 aliphatic carbocycles. The second kappa shape index (κ2) is 7.83. The van der Waals surface area contributed by atoms with Crippen LogP contribution < -0.4 is 16.4 Å². The normalized spacial score (nSPS) is 10.4. The van der Waals surface area contributed by atoms with E-state index in [1.54, 1.807) is 0 Å².